The van der Waals surface area contributed by atoms with Crippen molar-refractivity contribution in [3.8, 4) is 0 Å². The fourth-order valence-corrected chi connectivity index (χ4v) is 2.42. The van der Waals surface area contributed by atoms with Gasteiger partial charge in [0, 0.05) is 24.5 Å². The van der Waals surface area contributed by atoms with E-state index in [0.29, 0.717) is 0 Å². The molecule has 0 aromatic heterocycles. The smallest absolute Gasteiger partial charge is 0.319 e. The lowest BCUT2D eigenvalue weighted by atomic mass is 10.1. The summed E-state index contributed by atoms with van der Waals surface area (Å²) in [6.45, 7) is 5.66. The van der Waals surface area contributed by atoms with Crippen LogP contribution in [-0.2, 0) is 0 Å². The van der Waals surface area contributed by atoms with Crippen LogP contribution >= 0.6 is 0 Å². The van der Waals surface area contributed by atoms with E-state index in [1.807, 2.05) is 24.3 Å². The molecule has 1 aliphatic rings. The lowest BCUT2D eigenvalue weighted by Crippen LogP contribution is -2.48. The van der Waals surface area contributed by atoms with Crippen LogP contribution in [0.2, 0.25) is 0 Å². The van der Waals surface area contributed by atoms with Crippen molar-refractivity contribution in [2.75, 3.05) is 29.9 Å². The molecule has 1 fully saturated rings. The third kappa shape index (κ3) is 4.63. The molecule has 2 amide bonds. The van der Waals surface area contributed by atoms with Crippen LogP contribution in [0.4, 0.5) is 16.2 Å². The van der Waals surface area contributed by atoms with Crippen LogP contribution in [-0.4, -0.2) is 36.4 Å². The number of hydrogen-bond donors (Lipinski definition) is 3. The Kier molecular flexibility index (Phi) is 5.07. The molecule has 1 aromatic carbocycles. The van der Waals surface area contributed by atoms with Gasteiger partial charge < -0.3 is 20.6 Å². The molecule has 5 heteroatoms. The number of anilines is 2. The normalized spacial score (nSPS) is 15.7. The van der Waals surface area contributed by atoms with Crippen molar-refractivity contribution in [2.24, 2.45) is 0 Å². The average Bonchev–Trinajstić information content (AvgIpc) is 2.48. The SMILES string of the molecule is CC(C)(CO)NC(=O)Nc1ccc(N2CCCCC2)cc1. The maximum Gasteiger partial charge on any atom is 0.319 e. The highest BCUT2D eigenvalue weighted by molar-refractivity contribution is 5.89. The maximum atomic E-state index is 11.8. The Balaban J connectivity index is 1.91. The van der Waals surface area contributed by atoms with Gasteiger partial charge in [-0.1, -0.05) is 0 Å². The van der Waals surface area contributed by atoms with E-state index in [0.717, 1.165) is 18.8 Å². The summed E-state index contributed by atoms with van der Waals surface area (Å²) in [5.41, 5.74) is 1.33. The fraction of sp³-hybridized carbons (Fsp3) is 0.562. The topological polar surface area (TPSA) is 64.6 Å². The Hall–Kier alpha value is -1.75. The van der Waals surface area contributed by atoms with Gasteiger partial charge in [0.25, 0.3) is 0 Å². The van der Waals surface area contributed by atoms with Gasteiger partial charge in [0.1, 0.15) is 0 Å². The first-order chi connectivity index (χ1) is 10.00. The highest BCUT2D eigenvalue weighted by atomic mass is 16.3. The highest BCUT2D eigenvalue weighted by Crippen LogP contribution is 2.21. The van der Waals surface area contributed by atoms with Gasteiger partial charge in [-0.05, 0) is 57.4 Å². The van der Waals surface area contributed by atoms with Gasteiger partial charge in [-0.2, -0.15) is 0 Å². The second-order valence-corrected chi connectivity index (χ2v) is 6.22. The lowest BCUT2D eigenvalue weighted by molar-refractivity contribution is 0.187. The summed E-state index contributed by atoms with van der Waals surface area (Å²) in [4.78, 5) is 14.2. The Morgan fingerprint density at radius 1 is 1.19 bits per heavy atom. The van der Waals surface area contributed by atoms with Gasteiger partial charge in [-0.3, -0.25) is 0 Å². The summed E-state index contributed by atoms with van der Waals surface area (Å²) in [7, 11) is 0. The summed E-state index contributed by atoms with van der Waals surface area (Å²) in [5, 5.41) is 14.6. The third-order valence-electron chi connectivity index (χ3n) is 3.69. The second kappa shape index (κ2) is 6.80. The monoisotopic (exact) mass is 291 g/mol. The number of urea groups is 1. The summed E-state index contributed by atoms with van der Waals surface area (Å²) < 4.78 is 0. The van der Waals surface area contributed by atoms with E-state index >= 15 is 0 Å². The molecule has 1 aromatic rings. The van der Waals surface area contributed by atoms with Crippen molar-refractivity contribution >= 4 is 17.4 Å². The largest absolute Gasteiger partial charge is 0.394 e. The van der Waals surface area contributed by atoms with E-state index in [1.54, 1.807) is 13.8 Å². The van der Waals surface area contributed by atoms with Crippen molar-refractivity contribution < 1.29 is 9.90 Å². The molecule has 0 radical (unpaired) electrons. The molecule has 0 unspecified atom stereocenters. The maximum absolute atomic E-state index is 11.8. The minimum Gasteiger partial charge on any atom is -0.394 e. The van der Waals surface area contributed by atoms with Crippen LogP contribution < -0.4 is 15.5 Å². The van der Waals surface area contributed by atoms with Crippen LogP contribution in [0.3, 0.4) is 0 Å². The molecule has 0 spiro atoms. The summed E-state index contributed by atoms with van der Waals surface area (Å²) in [6, 6.07) is 7.60. The standard InChI is InChI=1S/C16H25N3O2/c1-16(2,12-20)18-15(21)17-13-6-8-14(9-7-13)19-10-4-3-5-11-19/h6-9,20H,3-5,10-12H2,1-2H3,(H2,17,18,21). The van der Waals surface area contributed by atoms with Gasteiger partial charge in [0.15, 0.2) is 0 Å². The zero-order valence-electron chi connectivity index (χ0n) is 12.9. The Morgan fingerprint density at radius 2 is 1.81 bits per heavy atom. The molecule has 0 saturated carbocycles. The number of rotatable bonds is 4. The number of carbonyl (C=O) groups excluding carboxylic acids is 1. The first kappa shape index (κ1) is 15.6. The molecule has 2 rings (SSSR count). The molecule has 5 nitrogen and oxygen atoms in total. The third-order valence-corrected chi connectivity index (χ3v) is 3.69. The zero-order valence-corrected chi connectivity index (χ0v) is 12.9. The van der Waals surface area contributed by atoms with Crippen molar-refractivity contribution in [1.29, 1.82) is 0 Å². The molecule has 0 atom stereocenters. The number of amides is 2. The van der Waals surface area contributed by atoms with Gasteiger partial charge in [0.05, 0.1) is 12.1 Å². The van der Waals surface area contributed by atoms with E-state index in [9.17, 15) is 4.79 Å². The molecule has 1 aliphatic heterocycles. The molecule has 116 valence electrons. The van der Waals surface area contributed by atoms with E-state index in [1.165, 1.54) is 24.9 Å². The molecular formula is C16H25N3O2. The Bertz CT molecular complexity index is 465. The van der Waals surface area contributed by atoms with Crippen molar-refractivity contribution in [3.63, 3.8) is 0 Å². The van der Waals surface area contributed by atoms with E-state index < -0.39 is 5.54 Å². The number of nitrogens with one attached hydrogen (secondary N) is 2. The first-order valence-corrected chi connectivity index (χ1v) is 7.55. The van der Waals surface area contributed by atoms with Crippen LogP contribution in [0.15, 0.2) is 24.3 Å². The van der Waals surface area contributed by atoms with E-state index in [4.69, 9.17) is 5.11 Å². The van der Waals surface area contributed by atoms with Crippen molar-refractivity contribution in [1.82, 2.24) is 5.32 Å². The molecule has 1 saturated heterocycles. The van der Waals surface area contributed by atoms with Crippen molar-refractivity contribution in [3.05, 3.63) is 24.3 Å². The number of aliphatic hydroxyl groups is 1. The minimum absolute atomic E-state index is 0.103. The number of aliphatic hydroxyl groups excluding tert-OH is 1. The summed E-state index contributed by atoms with van der Waals surface area (Å²) in [5.74, 6) is 0. The summed E-state index contributed by atoms with van der Waals surface area (Å²) >= 11 is 0. The van der Waals surface area contributed by atoms with Gasteiger partial charge in [0.2, 0.25) is 0 Å². The van der Waals surface area contributed by atoms with E-state index in [-0.39, 0.29) is 12.6 Å². The Labute approximate surface area is 126 Å². The predicted octanol–water partition coefficient (Wildman–Crippen LogP) is 2.57. The van der Waals surface area contributed by atoms with Crippen LogP contribution in [0, 0.1) is 0 Å². The fourth-order valence-electron chi connectivity index (χ4n) is 2.42. The Morgan fingerprint density at radius 3 is 2.38 bits per heavy atom. The second-order valence-electron chi connectivity index (χ2n) is 6.22. The average molecular weight is 291 g/mol. The van der Waals surface area contributed by atoms with Gasteiger partial charge in [-0.15, -0.1) is 0 Å². The first-order valence-electron chi connectivity index (χ1n) is 7.55. The van der Waals surface area contributed by atoms with E-state index in [2.05, 4.69) is 15.5 Å². The van der Waals surface area contributed by atoms with Crippen molar-refractivity contribution in [2.45, 2.75) is 38.6 Å². The molecule has 3 N–H and O–H groups in total. The summed E-state index contributed by atoms with van der Waals surface area (Å²) in [6.07, 6.45) is 3.81. The van der Waals surface area contributed by atoms with Gasteiger partial charge in [-0.25, -0.2) is 4.79 Å². The number of piperidine rings is 1. The highest BCUT2D eigenvalue weighted by Gasteiger charge is 2.19. The molecular weight excluding hydrogens is 266 g/mol. The van der Waals surface area contributed by atoms with Crippen LogP contribution in [0.1, 0.15) is 33.1 Å². The zero-order chi connectivity index (χ0) is 15.3. The van der Waals surface area contributed by atoms with Crippen LogP contribution in [0.25, 0.3) is 0 Å². The molecule has 1 heterocycles. The van der Waals surface area contributed by atoms with Gasteiger partial charge >= 0.3 is 6.03 Å². The lowest BCUT2D eigenvalue weighted by Gasteiger charge is -2.29. The minimum atomic E-state index is -0.627. The molecule has 0 bridgehead atoms. The molecule has 21 heavy (non-hydrogen) atoms. The number of benzene rings is 1. The predicted molar refractivity (Wildman–Crippen MR) is 85.8 cm³/mol. The quantitative estimate of drug-likeness (QED) is 0.799. The number of carbonyl (C=O) groups is 1. The van der Waals surface area contributed by atoms with Crippen LogP contribution in [0.5, 0.6) is 0 Å². The molecule has 0 aliphatic carbocycles. The number of nitrogens with zero attached hydrogens (tertiary/aromatic N) is 1. The number of hydrogen-bond acceptors (Lipinski definition) is 3.